The maximum atomic E-state index is 9.36. The molecule has 2 aromatic rings. The summed E-state index contributed by atoms with van der Waals surface area (Å²) in [5.41, 5.74) is 2.02. The van der Waals surface area contributed by atoms with Crippen molar-refractivity contribution < 1.29 is 9.52 Å². The van der Waals surface area contributed by atoms with E-state index in [-0.39, 0.29) is 6.61 Å². The summed E-state index contributed by atoms with van der Waals surface area (Å²) in [6, 6.07) is 8.30. The molecule has 1 fully saturated rings. The number of hydrogen-bond acceptors (Lipinski definition) is 5. The number of oxazole rings is 1. The average Bonchev–Trinajstić information content (AvgIpc) is 2.96. The third-order valence-corrected chi connectivity index (χ3v) is 5.21. The highest BCUT2D eigenvalue weighted by molar-refractivity contribution is 7.98. The highest BCUT2D eigenvalue weighted by atomic mass is 32.2. The van der Waals surface area contributed by atoms with Crippen molar-refractivity contribution >= 4 is 11.8 Å². The number of benzene rings is 1. The maximum absolute atomic E-state index is 9.36. The highest BCUT2D eigenvalue weighted by Crippen LogP contribution is 2.26. The molecule has 0 radical (unpaired) electrons. The Hall–Kier alpha value is -1.30. The van der Waals surface area contributed by atoms with E-state index in [1.54, 1.807) is 11.8 Å². The lowest BCUT2D eigenvalue weighted by atomic mass is 9.99. The number of rotatable bonds is 5. The summed E-state index contributed by atoms with van der Waals surface area (Å²) < 4.78 is 5.87. The molecule has 1 aliphatic heterocycles. The van der Waals surface area contributed by atoms with Gasteiger partial charge in [-0.3, -0.25) is 4.90 Å². The van der Waals surface area contributed by atoms with Crippen LogP contribution >= 0.6 is 11.8 Å². The van der Waals surface area contributed by atoms with Gasteiger partial charge in [-0.15, -0.1) is 11.8 Å². The molecular weight excluding hydrogens is 308 g/mol. The SMILES string of the molecule is CSc1ccc(-c2nc(CN3CCCC(CO)C3)c(C)o2)cc1. The molecule has 1 aliphatic rings. The summed E-state index contributed by atoms with van der Waals surface area (Å²) in [6.45, 7) is 5.08. The predicted octanol–water partition coefficient (Wildman–Crippen LogP) is 3.58. The van der Waals surface area contributed by atoms with Gasteiger partial charge in [-0.1, -0.05) is 0 Å². The second-order valence-corrected chi connectivity index (χ2v) is 7.06. The Labute approximate surface area is 141 Å². The molecule has 1 saturated heterocycles. The maximum Gasteiger partial charge on any atom is 0.226 e. The Bertz CT molecular complexity index is 639. The molecule has 1 unspecified atom stereocenters. The van der Waals surface area contributed by atoms with Gasteiger partial charge < -0.3 is 9.52 Å². The third kappa shape index (κ3) is 3.97. The van der Waals surface area contributed by atoms with E-state index in [0.717, 1.165) is 49.5 Å². The molecule has 124 valence electrons. The third-order valence-electron chi connectivity index (χ3n) is 4.46. The number of aryl methyl sites for hydroxylation is 1. The normalized spacial score (nSPS) is 19.2. The molecule has 1 aromatic carbocycles. The van der Waals surface area contributed by atoms with Crippen molar-refractivity contribution in [3.63, 3.8) is 0 Å². The van der Waals surface area contributed by atoms with Crippen molar-refractivity contribution in [2.75, 3.05) is 26.0 Å². The van der Waals surface area contributed by atoms with Crippen LogP contribution in [0, 0.1) is 12.8 Å². The van der Waals surface area contributed by atoms with Crippen molar-refractivity contribution in [2.24, 2.45) is 5.92 Å². The largest absolute Gasteiger partial charge is 0.441 e. The first kappa shape index (κ1) is 16.6. The Kier molecular flexibility index (Phi) is 5.41. The van der Waals surface area contributed by atoms with Gasteiger partial charge in [-0.25, -0.2) is 4.98 Å². The number of piperidine rings is 1. The van der Waals surface area contributed by atoms with E-state index >= 15 is 0 Å². The van der Waals surface area contributed by atoms with Crippen LogP contribution in [0.3, 0.4) is 0 Å². The highest BCUT2D eigenvalue weighted by Gasteiger charge is 2.21. The second-order valence-electron chi connectivity index (χ2n) is 6.18. The van der Waals surface area contributed by atoms with E-state index in [2.05, 4.69) is 35.4 Å². The lowest BCUT2D eigenvalue weighted by Crippen LogP contribution is -2.36. The van der Waals surface area contributed by atoms with Crippen molar-refractivity contribution in [1.82, 2.24) is 9.88 Å². The molecule has 0 spiro atoms. The van der Waals surface area contributed by atoms with Crippen LogP contribution in [0.15, 0.2) is 33.6 Å². The molecular formula is C18H24N2O2S. The Morgan fingerprint density at radius 2 is 2.13 bits per heavy atom. The first-order valence-electron chi connectivity index (χ1n) is 8.13. The van der Waals surface area contributed by atoms with Crippen LogP contribution in [-0.2, 0) is 6.54 Å². The van der Waals surface area contributed by atoms with Crippen molar-refractivity contribution in [3.05, 3.63) is 35.7 Å². The zero-order valence-electron chi connectivity index (χ0n) is 13.8. The first-order valence-corrected chi connectivity index (χ1v) is 9.36. The number of aliphatic hydroxyl groups is 1. The van der Waals surface area contributed by atoms with Gasteiger partial charge >= 0.3 is 0 Å². The molecule has 1 atom stereocenters. The lowest BCUT2D eigenvalue weighted by molar-refractivity contribution is 0.115. The topological polar surface area (TPSA) is 49.5 Å². The van der Waals surface area contributed by atoms with Crippen LogP contribution in [-0.4, -0.2) is 40.9 Å². The van der Waals surface area contributed by atoms with Crippen molar-refractivity contribution in [2.45, 2.75) is 31.2 Å². The van der Waals surface area contributed by atoms with Gasteiger partial charge in [-0.05, 0) is 62.7 Å². The van der Waals surface area contributed by atoms with Gasteiger partial charge in [0, 0.05) is 30.2 Å². The predicted molar refractivity (Wildman–Crippen MR) is 93.5 cm³/mol. The van der Waals surface area contributed by atoms with Gasteiger partial charge in [0.1, 0.15) is 5.76 Å². The summed E-state index contributed by atoms with van der Waals surface area (Å²) in [6.07, 6.45) is 4.34. The van der Waals surface area contributed by atoms with Crippen LogP contribution in [0.2, 0.25) is 0 Å². The lowest BCUT2D eigenvalue weighted by Gasteiger charge is -2.31. The van der Waals surface area contributed by atoms with E-state index in [1.807, 2.05) is 6.92 Å². The smallest absolute Gasteiger partial charge is 0.226 e. The van der Waals surface area contributed by atoms with Crippen LogP contribution in [0.4, 0.5) is 0 Å². The number of thioether (sulfide) groups is 1. The fraction of sp³-hybridized carbons (Fsp3) is 0.500. The molecule has 0 aliphatic carbocycles. The van der Waals surface area contributed by atoms with Gasteiger partial charge in [0.2, 0.25) is 5.89 Å². The van der Waals surface area contributed by atoms with Gasteiger partial charge in [0.05, 0.1) is 5.69 Å². The van der Waals surface area contributed by atoms with Crippen molar-refractivity contribution in [3.8, 4) is 11.5 Å². The van der Waals surface area contributed by atoms with E-state index < -0.39 is 0 Å². The minimum Gasteiger partial charge on any atom is -0.441 e. The van der Waals surface area contributed by atoms with E-state index in [1.165, 1.54) is 4.90 Å². The monoisotopic (exact) mass is 332 g/mol. The second kappa shape index (κ2) is 7.51. The zero-order chi connectivity index (χ0) is 16.2. The average molecular weight is 332 g/mol. The molecule has 5 heteroatoms. The van der Waals surface area contributed by atoms with Crippen molar-refractivity contribution in [1.29, 1.82) is 0 Å². The Morgan fingerprint density at radius 1 is 1.35 bits per heavy atom. The zero-order valence-corrected chi connectivity index (χ0v) is 14.6. The molecule has 1 aromatic heterocycles. The summed E-state index contributed by atoms with van der Waals surface area (Å²) in [7, 11) is 0. The minimum absolute atomic E-state index is 0.279. The van der Waals surface area contributed by atoms with E-state index in [4.69, 9.17) is 9.40 Å². The number of aromatic nitrogens is 1. The van der Waals surface area contributed by atoms with Gasteiger partial charge in [0.25, 0.3) is 0 Å². The van der Waals surface area contributed by atoms with Crippen LogP contribution in [0.5, 0.6) is 0 Å². The molecule has 4 nitrogen and oxygen atoms in total. The van der Waals surface area contributed by atoms with Gasteiger partial charge in [-0.2, -0.15) is 0 Å². The van der Waals surface area contributed by atoms with Gasteiger partial charge in [0.15, 0.2) is 0 Å². The van der Waals surface area contributed by atoms with Crippen LogP contribution < -0.4 is 0 Å². The number of nitrogens with zero attached hydrogens (tertiary/aromatic N) is 2. The summed E-state index contributed by atoms with van der Waals surface area (Å²) >= 11 is 1.73. The Morgan fingerprint density at radius 3 is 2.83 bits per heavy atom. The molecule has 0 saturated carbocycles. The fourth-order valence-corrected chi connectivity index (χ4v) is 3.50. The summed E-state index contributed by atoms with van der Waals surface area (Å²) in [5.74, 6) is 1.98. The first-order chi connectivity index (χ1) is 11.2. The molecule has 3 rings (SSSR count). The van der Waals surface area contributed by atoms with E-state index in [0.29, 0.717) is 11.8 Å². The Balaban J connectivity index is 1.72. The molecule has 0 bridgehead atoms. The summed E-state index contributed by atoms with van der Waals surface area (Å²) in [5, 5.41) is 9.36. The van der Waals surface area contributed by atoms with Crippen LogP contribution in [0.1, 0.15) is 24.3 Å². The number of aliphatic hydroxyl groups excluding tert-OH is 1. The number of likely N-dealkylation sites (tertiary alicyclic amines) is 1. The standard InChI is InChI=1S/C18H24N2O2S/c1-13-17(11-20-9-3-4-14(10-20)12-21)19-18(22-13)15-5-7-16(23-2)8-6-15/h5-8,14,21H,3-4,9-12H2,1-2H3. The molecule has 23 heavy (non-hydrogen) atoms. The fourth-order valence-electron chi connectivity index (χ4n) is 3.09. The molecule has 0 amide bonds. The molecule has 1 N–H and O–H groups in total. The molecule has 2 heterocycles. The van der Waals surface area contributed by atoms with E-state index in [9.17, 15) is 5.11 Å². The summed E-state index contributed by atoms with van der Waals surface area (Å²) in [4.78, 5) is 8.31. The minimum atomic E-state index is 0.279. The van der Waals surface area contributed by atoms with Crippen LogP contribution in [0.25, 0.3) is 11.5 Å². The number of hydrogen-bond donors (Lipinski definition) is 1. The quantitative estimate of drug-likeness (QED) is 0.848.